The first-order chi connectivity index (χ1) is 10.7. The summed E-state index contributed by atoms with van der Waals surface area (Å²) in [6.45, 7) is 5.76. The highest BCUT2D eigenvalue weighted by atomic mass is 16.4. The van der Waals surface area contributed by atoms with E-state index in [2.05, 4.69) is 19.6 Å². The minimum absolute atomic E-state index is 0.248. The molecule has 1 N–H and O–H groups in total. The Hall–Kier alpha value is -2.09. The standard InChI is InChI=1S/C20H28O2/c1-3-5-7-9-10-11-12-13-14-16-18-19(20(21)22)17-15-8-6-4-2/h4,6,8,12-18H,2-3,5,7,9-11H2,1H3,(H,21,22). The molecule has 0 unspecified atom stereocenters. The van der Waals surface area contributed by atoms with Gasteiger partial charge in [0.05, 0.1) is 5.57 Å². The Labute approximate surface area is 134 Å². The lowest BCUT2D eigenvalue weighted by Crippen LogP contribution is -1.96. The summed E-state index contributed by atoms with van der Waals surface area (Å²) in [5.41, 5.74) is 0.248. The Balaban J connectivity index is 4.16. The quantitative estimate of drug-likeness (QED) is 0.282. The van der Waals surface area contributed by atoms with Gasteiger partial charge in [0.1, 0.15) is 0 Å². The zero-order valence-corrected chi connectivity index (χ0v) is 13.6. The first-order valence-corrected chi connectivity index (χ1v) is 7.95. The van der Waals surface area contributed by atoms with Crippen molar-refractivity contribution >= 4 is 5.97 Å². The fraction of sp³-hybridized carbons (Fsp3) is 0.350. The Bertz CT molecular complexity index is 448. The van der Waals surface area contributed by atoms with E-state index in [0.29, 0.717) is 0 Å². The molecule has 0 aromatic heterocycles. The second kappa shape index (κ2) is 15.3. The molecule has 120 valence electrons. The Kier molecular flexibility index (Phi) is 13.8. The van der Waals surface area contributed by atoms with Crippen molar-refractivity contribution < 1.29 is 9.90 Å². The van der Waals surface area contributed by atoms with Crippen LogP contribution in [0.25, 0.3) is 0 Å². The number of unbranched alkanes of at least 4 members (excludes halogenated alkanes) is 5. The van der Waals surface area contributed by atoms with Crippen LogP contribution in [0.2, 0.25) is 0 Å². The monoisotopic (exact) mass is 300 g/mol. The lowest BCUT2D eigenvalue weighted by molar-refractivity contribution is -0.132. The van der Waals surface area contributed by atoms with Crippen LogP contribution >= 0.6 is 0 Å². The highest BCUT2D eigenvalue weighted by Crippen LogP contribution is 2.05. The number of carboxylic acid groups (broad SMARTS) is 1. The zero-order valence-electron chi connectivity index (χ0n) is 13.6. The van der Waals surface area contributed by atoms with E-state index in [1.165, 1.54) is 32.1 Å². The molecule has 0 saturated carbocycles. The molecule has 0 rings (SSSR count). The minimum Gasteiger partial charge on any atom is -0.478 e. The van der Waals surface area contributed by atoms with Crippen molar-refractivity contribution in [3.63, 3.8) is 0 Å². The van der Waals surface area contributed by atoms with Gasteiger partial charge in [0.2, 0.25) is 0 Å². The molecule has 0 bridgehead atoms. The lowest BCUT2D eigenvalue weighted by Gasteiger charge is -1.95. The SMILES string of the molecule is C=CC=CC=CC(=CC=CC=CCCCCCCC)C(=O)O. The molecule has 0 heterocycles. The van der Waals surface area contributed by atoms with Gasteiger partial charge in [0.15, 0.2) is 0 Å². The Morgan fingerprint density at radius 3 is 2.36 bits per heavy atom. The van der Waals surface area contributed by atoms with Crippen molar-refractivity contribution in [2.75, 3.05) is 0 Å². The normalized spacial score (nSPS) is 13.0. The molecule has 0 fully saturated rings. The summed E-state index contributed by atoms with van der Waals surface area (Å²) in [6, 6.07) is 0. The maximum absolute atomic E-state index is 11.0. The van der Waals surface area contributed by atoms with Crippen LogP contribution in [-0.4, -0.2) is 11.1 Å². The van der Waals surface area contributed by atoms with Gasteiger partial charge in [0.25, 0.3) is 0 Å². The smallest absolute Gasteiger partial charge is 0.335 e. The summed E-state index contributed by atoms with van der Waals surface area (Å²) in [5, 5.41) is 9.06. The zero-order chi connectivity index (χ0) is 16.5. The third kappa shape index (κ3) is 12.9. The predicted octanol–water partition coefficient (Wildman–Crippen LogP) is 5.77. The van der Waals surface area contributed by atoms with Crippen LogP contribution in [0.5, 0.6) is 0 Å². The van der Waals surface area contributed by atoms with Crippen molar-refractivity contribution in [3.05, 3.63) is 72.9 Å². The average molecular weight is 300 g/mol. The highest BCUT2D eigenvalue weighted by Gasteiger charge is 1.99. The molecule has 0 aliphatic rings. The topological polar surface area (TPSA) is 37.3 Å². The van der Waals surface area contributed by atoms with Crippen molar-refractivity contribution in [1.82, 2.24) is 0 Å². The van der Waals surface area contributed by atoms with Gasteiger partial charge in [-0.3, -0.25) is 0 Å². The highest BCUT2D eigenvalue weighted by molar-refractivity contribution is 5.90. The second-order valence-electron chi connectivity index (χ2n) is 4.92. The van der Waals surface area contributed by atoms with Crippen LogP contribution in [0.3, 0.4) is 0 Å². The van der Waals surface area contributed by atoms with Crippen molar-refractivity contribution in [1.29, 1.82) is 0 Å². The van der Waals surface area contributed by atoms with Crippen LogP contribution in [0.15, 0.2) is 72.9 Å². The van der Waals surface area contributed by atoms with Crippen LogP contribution in [0.1, 0.15) is 45.4 Å². The van der Waals surface area contributed by atoms with E-state index in [-0.39, 0.29) is 5.57 Å². The molecular weight excluding hydrogens is 272 g/mol. The fourth-order valence-corrected chi connectivity index (χ4v) is 1.76. The van der Waals surface area contributed by atoms with Crippen LogP contribution in [-0.2, 0) is 4.79 Å². The van der Waals surface area contributed by atoms with Gasteiger partial charge < -0.3 is 5.11 Å². The first-order valence-electron chi connectivity index (χ1n) is 7.95. The number of carboxylic acids is 1. The minimum atomic E-state index is -0.937. The Morgan fingerprint density at radius 1 is 0.955 bits per heavy atom. The number of aliphatic carboxylic acids is 1. The fourth-order valence-electron chi connectivity index (χ4n) is 1.76. The molecule has 0 aromatic rings. The summed E-state index contributed by atoms with van der Waals surface area (Å²) >= 11 is 0. The van der Waals surface area contributed by atoms with Crippen molar-refractivity contribution in [2.45, 2.75) is 45.4 Å². The summed E-state index contributed by atoms with van der Waals surface area (Å²) in [4.78, 5) is 11.0. The molecule has 0 aromatic carbocycles. The van der Waals surface area contributed by atoms with E-state index in [1.807, 2.05) is 12.2 Å². The summed E-state index contributed by atoms with van der Waals surface area (Å²) in [7, 11) is 0. The molecule has 0 radical (unpaired) electrons. The van der Waals surface area contributed by atoms with Gasteiger partial charge in [-0.05, 0) is 25.0 Å². The predicted molar refractivity (Wildman–Crippen MR) is 95.9 cm³/mol. The van der Waals surface area contributed by atoms with E-state index in [1.54, 1.807) is 42.5 Å². The van der Waals surface area contributed by atoms with Gasteiger partial charge in [-0.2, -0.15) is 0 Å². The van der Waals surface area contributed by atoms with Gasteiger partial charge in [-0.1, -0.05) is 87.8 Å². The Morgan fingerprint density at radius 2 is 1.68 bits per heavy atom. The second-order valence-corrected chi connectivity index (χ2v) is 4.92. The van der Waals surface area contributed by atoms with Crippen LogP contribution in [0, 0.1) is 0 Å². The van der Waals surface area contributed by atoms with E-state index < -0.39 is 5.97 Å². The number of hydrogen-bond donors (Lipinski definition) is 1. The summed E-state index contributed by atoms with van der Waals surface area (Å²) in [6.07, 6.45) is 25.2. The largest absolute Gasteiger partial charge is 0.478 e. The summed E-state index contributed by atoms with van der Waals surface area (Å²) in [5.74, 6) is -0.937. The number of allylic oxidation sites excluding steroid dienone is 9. The molecular formula is C20H28O2. The molecule has 0 saturated heterocycles. The van der Waals surface area contributed by atoms with E-state index in [0.717, 1.165) is 6.42 Å². The molecule has 2 heteroatoms. The van der Waals surface area contributed by atoms with Crippen LogP contribution in [0.4, 0.5) is 0 Å². The third-order valence-corrected chi connectivity index (χ3v) is 2.99. The number of rotatable bonds is 12. The van der Waals surface area contributed by atoms with Crippen LogP contribution < -0.4 is 0 Å². The molecule has 0 aliphatic carbocycles. The number of carbonyl (C=O) groups is 1. The first kappa shape index (κ1) is 19.9. The van der Waals surface area contributed by atoms with Gasteiger partial charge in [-0.25, -0.2) is 4.79 Å². The number of hydrogen-bond acceptors (Lipinski definition) is 1. The molecule has 0 spiro atoms. The van der Waals surface area contributed by atoms with E-state index in [9.17, 15) is 4.79 Å². The average Bonchev–Trinajstić information content (AvgIpc) is 2.50. The van der Waals surface area contributed by atoms with E-state index >= 15 is 0 Å². The molecule has 0 atom stereocenters. The maximum Gasteiger partial charge on any atom is 0.335 e. The molecule has 22 heavy (non-hydrogen) atoms. The van der Waals surface area contributed by atoms with Gasteiger partial charge in [-0.15, -0.1) is 0 Å². The van der Waals surface area contributed by atoms with Crippen molar-refractivity contribution in [3.8, 4) is 0 Å². The molecule has 2 nitrogen and oxygen atoms in total. The molecule has 0 aliphatic heterocycles. The van der Waals surface area contributed by atoms with E-state index in [4.69, 9.17) is 5.11 Å². The third-order valence-electron chi connectivity index (χ3n) is 2.99. The molecule has 0 amide bonds. The van der Waals surface area contributed by atoms with Gasteiger partial charge in [0, 0.05) is 0 Å². The van der Waals surface area contributed by atoms with Gasteiger partial charge >= 0.3 is 5.97 Å². The maximum atomic E-state index is 11.0. The van der Waals surface area contributed by atoms with Crippen molar-refractivity contribution in [2.24, 2.45) is 0 Å². The lowest BCUT2D eigenvalue weighted by atomic mass is 10.1. The summed E-state index contributed by atoms with van der Waals surface area (Å²) < 4.78 is 0.